The lowest BCUT2D eigenvalue weighted by atomic mass is 10.1. The first-order valence-corrected chi connectivity index (χ1v) is 6.53. The van der Waals surface area contributed by atoms with E-state index in [4.69, 9.17) is 0 Å². The first kappa shape index (κ1) is 9.37. The van der Waals surface area contributed by atoms with Gasteiger partial charge >= 0.3 is 0 Å². The standard InChI is InChI=1S/C13H9BrS/c14-12-4-3-9-6-11(7-10(9)8-12)13-2-1-5-15-13/h1-5,7-8H,6H2. The molecule has 0 saturated heterocycles. The lowest BCUT2D eigenvalue weighted by Crippen LogP contribution is -1.82. The minimum atomic E-state index is 1.07. The molecule has 1 aliphatic carbocycles. The van der Waals surface area contributed by atoms with Crippen LogP contribution < -0.4 is 0 Å². The van der Waals surface area contributed by atoms with Gasteiger partial charge in [-0.2, -0.15) is 0 Å². The van der Waals surface area contributed by atoms with Crippen LogP contribution in [0, 0.1) is 0 Å². The van der Waals surface area contributed by atoms with E-state index < -0.39 is 0 Å². The average molecular weight is 277 g/mol. The van der Waals surface area contributed by atoms with Crippen molar-refractivity contribution in [1.82, 2.24) is 0 Å². The molecule has 0 saturated carbocycles. The van der Waals surface area contributed by atoms with E-state index in [9.17, 15) is 0 Å². The molecule has 74 valence electrons. The van der Waals surface area contributed by atoms with E-state index in [1.54, 1.807) is 0 Å². The van der Waals surface area contributed by atoms with Gasteiger partial charge in [0.2, 0.25) is 0 Å². The number of allylic oxidation sites excluding steroid dienone is 1. The maximum atomic E-state index is 3.51. The Morgan fingerprint density at radius 1 is 1.20 bits per heavy atom. The van der Waals surface area contributed by atoms with Gasteiger partial charge in [-0.25, -0.2) is 0 Å². The zero-order valence-corrected chi connectivity index (χ0v) is 10.4. The van der Waals surface area contributed by atoms with Crippen molar-refractivity contribution in [3.63, 3.8) is 0 Å². The molecule has 0 atom stereocenters. The van der Waals surface area contributed by atoms with E-state index in [-0.39, 0.29) is 0 Å². The second-order valence-corrected chi connectivity index (χ2v) is 5.53. The fraction of sp³-hybridized carbons (Fsp3) is 0.0769. The van der Waals surface area contributed by atoms with Gasteiger partial charge in [0.15, 0.2) is 0 Å². The van der Waals surface area contributed by atoms with Crippen molar-refractivity contribution in [3.05, 3.63) is 56.2 Å². The van der Waals surface area contributed by atoms with Crippen LogP contribution >= 0.6 is 27.3 Å². The Morgan fingerprint density at radius 2 is 2.13 bits per heavy atom. The van der Waals surface area contributed by atoms with E-state index >= 15 is 0 Å². The van der Waals surface area contributed by atoms with Gasteiger partial charge in [-0.1, -0.05) is 28.1 Å². The predicted octanol–water partition coefficient (Wildman–Crippen LogP) is 4.61. The summed E-state index contributed by atoms with van der Waals surface area (Å²) in [5, 5.41) is 2.13. The fourth-order valence-corrected chi connectivity index (χ4v) is 3.05. The van der Waals surface area contributed by atoms with Crippen molar-refractivity contribution in [2.45, 2.75) is 6.42 Å². The Kier molecular flexibility index (Phi) is 2.26. The number of hydrogen-bond donors (Lipinski definition) is 0. The molecule has 0 fully saturated rings. The second kappa shape index (κ2) is 3.62. The number of benzene rings is 1. The van der Waals surface area contributed by atoms with Crippen molar-refractivity contribution < 1.29 is 0 Å². The summed E-state index contributed by atoms with van der Waals surface area (Å²) in [4.78, 5) is 1.39. The fourth-order valence-electron chi connectivity index (χ4n) is 1.92. The number of thiophene rings is 1. The lowest BCUT2D eigenvalue weighted by molar-refractivity contribution is 1.32. The Labute approximate surface area is 101 Å². The summed E-state index contributed by atoms with van der Waals surface area (Å²) >= 11 is 5.32. The SMILES string of the molecule is Brc1ccc2c(c1)C=C(c1cccs1)C2. The van der Waals surface area contributed by atoms with Crippen molar-refractivity contribution in [3.8, 4) is 0 Å². The van der Waals surface area contributed by atoms with Crippen LogP contribution in [0.15, 0.2) is 40.2 Å². The van der Waals surface area contributed by atoms with Crippen LogP contribution in [0.2, 0.25) is 0 Å². The molecule has 1 aliphatic rings. The lowest BCUT2D eigenvalue weighted by Gasteiger charge is -1.98. The summed E-state index contributed by atoms with van der Waals surface area (Å²) in [7, 11) is 0. The van der Waals surface area contributed by atoms with E-state index in [1.165, 1.54) is 21.6 Å². The van der Waals surface area contributed by atoms with E-state index in [1.807, 2.05) is 11.3 Å². The first-order valence-electron chi connectivity index (χ1n) is 4.86. The van der Waals surface area contributed by atoms with Crippen LogP contribution in [-0.2, 0) is 6.42 Å². The van der Waals surface area contributed by atoms with Crippen LogP contribution in [0.5, 0.6) is 0 Å². The molecule has 2 heteroatoms. The molecule has 0 radical (unpaired) electrons. The Hall–Kier alpha value is -0.860. The molecule has 0 nitrogen and oxygen atoms in total. The van der Waals surface area contributed by atoms with Gasteiger partial charge in [0.1, 0.15) is 0 Å². The highest BCUT2D eigenvalue weighted by Gasteiger charge is 2.14. The Balaban J connectivity index is 2.04. The van der Waals surface area contributed by atoms with Crippen molar-refractivity contribution in [1.29, 1.82) is 0 Å². The topological polar surface area (TPSA) is 0 Å². The van der Waals surface area contributed by atoms with Crippen molar-refractivity contribution >= 4 is 38.9 Å². The molecule has 0 bridgehead atoms. The van der Waals surface area contributed by atoms with Gasteiger partial charge in [-0.3, -0.25) is 0 Å². The van der Waals surface area contributed by atoms with E-state index in [0.29, 0.717) is 0 Å². The van der Waals surface area contributed by atoms with Crippen LogP contribution in [0.4, 0.5) is 0 Å². The summed E-state index contributed by atoms with van der Waals surface area (Å²) in [5.74, 6) is 0. The van der Waals surface area contributed by atoms with E-state index in [2.05, 4.69) is 57.7 Å². The zero-order chi connectivity index (χ0) is 10.3. The van der Waals surface area contributed by atoms with Gasteiger partial charge in [0.25, 0.3) is 0 Å². The highest BCUT2D eigenvalue weighted by molar-refractivity contribution is 9.10. The maximum absolute atomic E-state index is 3.51. The largest absolute Gasteiger partial charge is 0.144 e. The number of halogens is 1. The van der Waals surface area contributed by atoms with Crippen LogP contribution in [-0.4, -0.2) is 0 Å². The molecule has 0 amide bonds. The van der Waals surface area contributed by atoms with Gasteiger partial charge in [0, 0.05) is 9.35 Å². The third-order valence-electron chi connectivity index (χ3n) is 2.66. The summed E-state index contributed by atoms with van der Waals surface area (Å²) in [6.45, 7) is 0. The number of hydrogen-bond acceptors (Lipinski definition) is 1. The highest BCUT2D eigenvalue weighted by atomic mass is 79.9. The third kappa shape index (κ3) is 1.68. The maximum Gasteiger partial charge on any atom is 0.0305 e. The Bertz CT molecular complexity index is 523. The number of rotatable bonds is 1. The second-order valence-electron chi connectivity index (χ2n) is 3.67. The van der Waals surface area contributed by atoms with Crippen molar-refractivity contribution in [2.24, 2.45) is 0 Å². The molecule has 2 aromatic rings. The molecule has 0 aliphatic heterocycles. The molecule has 1 heterocycles. The first-order chi connectivity index (χ1) is 7.33. The number of fused-ring (bicyclic) bond motifs is 1. The minimum Gasteiger partial charge on any atom is -0.144 e. The van der Waals surface area contributed by atoms with Crippen molar-refractivity contribution in [2.75, 3.05) is 0 Å². The third-order valence-corrected chi connectivity index (χ3v) is 4.09. The van der Waals surface area contributed by atoms with E-state index in [0.717, 1.165) is 10.9 Å². The molecule has 15 heavy (non-hydrogen) atoms. The van der Waals surface area contributed by atoms with Gasteiger partial charge in [-0.05, 0) is 52.8 Å². The Morgan fingerprint density at radius 3 is 2.93 bits per heavy atom. The summed E-state index contributed by atoms with van der Waals surface area (Å²) in [6.07, 6.45) is 3.37. The molecule has 3 rings (SSSR count). The zero-order valence-electron chi connectivity index (χ0n) is 8.03. The predicted molar refractivity (Wildman–Crippen MR) is 70.0 cm³/mol. The average Bonchev–Trinajstić information content (AvgIpc) is 2.84. The molecule has 0 N–H and O–H groups in total. The minimum absolute atomic E-state index is 1.07. The molecule has 0 spiro atoms. The molecule has 1 aromatic carbocycles. The summed E-state index contributed by atoms with van der Waals surface area (Å²) in [6, 6.07) is 10.8. The van der Waals surface area contributed by atoms with Gasteiger partial charge in [0.05, 0.1) is 0 Å². The normalized spacial score (nSPS) is 13.8. The van der Waals surface area contributed by atoms with Crippen LogP contribution in [0.1, 0.15) is 16.0 Å². The molecule has 0 unspecified atom stereocenters. The smallest absolute Gasteiger partial charge is 0.0305 e. The van der Waals surface area contributed by atoms with Crippen LogP contribution in [0.25, 0.3) is 11.6 Å². The summed E-state index contributed by atoms with van der Waals surface area (Å²) in [5.41, 5.74) is 4.23. The molecular formula is C13H9BrS. The quantitative estimate of drug-likeness (QED) is 0.714. The van der Waals surface area contributed by atoms with Crippen LogP contribution in [0.3, 0.4) is 0 Å². The monoisotopic (exact) mass is 276 g/mol. The van der Waals surface area contributed by atoms with Gasteiger partial charge in [-0.15, -0.1) is 11.3 Å². The summed E-state index contributed by atoms with van der Waals surface area (Å²) < 4.78 is 1.16. The molecule has 1 aromatic heterocycles. The highest BCUT2D eigenvalue weighted by Crippen LogP contribution is 2.34. The van der Waals surface area contributed by atoms with Gasteiger partial charge < -0.3 is 0 Å². The molecular weight excluding hydrogens is 268 g/mol.